The van der Waals surface area contributed by atoms with E-state index in [1.54, 1.807) is 0 Å². The van der Waals surface area contributed by atoms with Crippen molar-refractivity contribution in [3.63, 3.8) is 0 Å². The van der Waals surface area contributed by atoms with E-state index in [1.165, 1.54) is 0 Å². The van der Waals surface area contributed by atoms with Crippen LogP contribution in [0.5, 0.6) is 0 Å². The maximum Gasteiger partial charge on any atom is 0.490 e. The van der Waals surface area contributed by atoms with Crippen LogP contribution in [0.25, 0.3) is 5.65 Å². The van der Waals surface area contributed by atoms with Crippen molar-refractivity contribution in [2.75, 3.05) is 13.1 Å². The van der Waals surface area contributed by atoms with Crippen molar-refractivity contribution < 1.29 is 33.0 Å². The lowest BCUT2D eigenvalue weighted by atomic mass is 9.94. The molecule has 0 aromatic carbocycles. The molecule has 0 amide bonds. The van der Waals surface area contributed by atoms with E-state index in [0.29, 0.717) is 11.8 Å². The van der Waals surface area contributed by atoms with Gasteiger partial charge in [0.2, 0.25) is 0 Å². The standard InChI is InChI=1S/C16H20N4O2.C2HF3O2/c21-16(22)14(11-4-5-11)19-9-6-12(7-10-19)15-18-17-13-3-1-2-8-20(13)15;3-2(4,5)1(6)7/h1-3,8,11-12,14H,4-7,9-10H2,(H,21,22);(H,6,7). The van der Waals surface area contributed by atoms with E-state index >= 15 is 0 Å². The number of carbonyl (C=O) groups is 2. The first-order chi connectivity index (χ1) is 13.7. The Labute approximate surface area is 163 Å². The van der Waals surface area contributed by atoms with Crippen LogP contribution < -0.4 is 0 Å². The van der Waals surface area contributed by atoms with Crippen LogP contribution in [0.3, 0.4) is 0 Å². The Kier molecular flexibility index (Phi) is 6.06. The Morgan fingerprint density at radius 3 is 2.21 bits per heavy atom. The number of nitrogens with zero attached hydrogens (tertiary/aromatic N) is 4. The molecule has 2 aromatic rings. The van der Waals surface area contributed by atoms with Crippen molar-refractivity contribution in [3.8, 4) is 0 Å². The number of aromatic nitrogens is 3. The topological polar surface area (TPSA) is 108 Å². The minimum absolute atomic E-state index is 0.281. The second kappa shape index (κ2) is 8.36. The molecule has 0 bridgehead atoms. The third-order valence-corrected chi connectivity index (χ3v) is 5.19. The summed E-state index contributed by atoms with van der Waals surface area (Å²) in [6.07, 6.45) is 0.942. The molecule has 11 heteroatoms. The molecular formula is C18H21F3N4O4. The van der Waals surface area contributed by atoms with Crippen LogP contribution in [0.2, 0.25) is 0 Å². The van der Waals surface area contributed by atoms with Crippen molar-refractivity contribution in [1.29, 1.82) is 0 Å². The molecule has 1 unspecified atom stereocenters. The van der Waals surface area contributed by atoms with Crippen molar-refractivity contribution in [1.82, 2.24) is 19.5 Å². The highest BCUT2D eigenvalue weighted by molar-refractivity contribution is 5.74. The Bertz CT molecular complexity index is 873. The summed E-state index contributed by atoms with van der Waals surface area (Å²) in [6, 6.07) is 5.63. The molecule has 1 aliphatic carbocycles. The normalized spacial score (nSPS) is 19.4. The second-order valence-electron chi connectivity index (χ2n) is 7.22. The summed E-state index contributed by atoms with van der Waals surface area (Å²) in [5, 5.41) is 25.2. The molecule has 1 aliphatic heterocycles. The fourth-order valence-electron chi connectivity index (χ4n) is 3.64. The second-order valence-corrected chi connectivity index (χ2v) is 7.22. The van der Waals surface area contributed by atoms with Crippen molar-refractivity contribution in [2.24, 2.45) is 5.92 Å². The molecule has 29 heavy (non-hydrogen) atoms. The van der Waals surface area contributed by atoms with Crippen LogP contribution in [0.1, 0.15) is 37.4 Å². The van der Waals surface area contributed by atoms with Crippen LogP contribution in [0, 0.1) is 5.92 Å². The van der Waals surface area contributed by atoms with Gasteiger partial charge in [0, 0.05) is 12.1 Å². The average Bonchev–Trinajstić information content (AvgIpc) is 3.39. The molecule has 2 fully saturated rings. The molecule has 2 aliphatic rings. The van der Waals surface area contributed by atoms with Gasteiger partial charge < -0.3 is 10.2 Å². The van der Waals surface area contributed by atoms with Gasteiger partial charge in [0.1, 0.15) is 11.9 Å². The lowest BCUT2D eigenvalue weighted by molar-refractivity contribution is -0.192. The molecule has 1 saturated heterocycles. The summed E-state index contributed by atoms with van der Waals surface area (Å²) in [7, 11) is 0. The first-order valence-corrected chi connectivity index (χ1v) is 9.25. The van der Waals surface area contributed by atoms with Gasteiger partial charge in [-0.1, -0.05) is 6.07 Å². The number of halogens is 3. The summed E-state index contributed by atoms with van der Waals surface area (Å²) in [5.74, 6) is -1.68. The van der Waals surface area contributed by atoms with E-state index in [2.05, 4.69) is 19.5 Å². The van der Waals surface area contributed by atoms with Crippen molar-refractivity contribution in [2.45, 2.75) is 43.8 Å². The molecule has 2 N–H and O–H groups in total. The SMILES string of the molecule is O=C(O)C(C1CC1)N1CCC(c2nnc3ccccn23)CC1.O=C(O)C(F)(F)F. The molecule has 4 rings (SSSR count). The van der Waals surface area contributed by atoms with Gasteiger partial charge in [0.05, 0.1) is 0 Å². The van der Waals surface area contributed by atoms with E-state index < -0.39 is 18.1 Å². The molecule has 158 valence electrons. The number of alkyl halides is 3. The summed E-state index contributed by atoms with van der Waals surface area (Å²) in [6.45, 7) is 1.67. The highest BCUT2D eigenvalue weighted by atomic mass is 19.4. The molecule has 2 aromatic heterocycles. The number of rotatable bonds is 4. The maximum atomic E-state index is 11.5. The van der Waals surface area contributed by atoms with Crippen LogP contribution in [0.4, 0.5) is 13.2 Å². The van der Waals surface area contributed by atoms with Crippen LogP contribution in [-0.4, -0.2) is 67.0 Å². The monoisotopic (exact) mass is 414 g/mol. The van der Waals surface area contributed by atoms with Gasteiger partial charge in [-0.25, -0.2) is 4.79 Å². The van der Waals surface area contributed by atoms with Crippen LogP contribution >= 0.6 is 0 Å². The zero-order chi connectivity index (χ0) is 21.2. The molecule has 1 saturated carbocycles. The van der Waals surface area contributed by atoms with Crippen LogP contribution in [-0.2, 0) is 9.59 Å². The highest BCUT2D eigenvalue weighted by Crippen LogP contribution is 2.38. The fourth-order valence-corrected chi connectivity index (χ4v) is 3.64. The summed E-state index contributed by atoms with van der Waals surface area (Å²) < 4.78 is 33.8. The lowest BCUT2D eigenvalue weighted by Crippen LogP contribution is -2.46. The van der Waals surface area contributed by atoms with Crippen molar-refractivity contribution in [3.05, 3.63) is 30.2 Å². The number of hydrogen-bond donors (Lipinski definition) is 2. The predicted octanol–water partition coefficient (Wildman–Crippen LogP) is 2.41. The van der Waals surface area contributed by atoms with E-state index in [0.717, 1.165) is 50.2 Å². The fraction of sp³-hybridized carbons (Fsp3) is 0.556. The Morgan fingerprint density at radius 2 is 1.69 bits per heavy atom. The molecule has 1 atom stereocenters. The Hall–Kier alpha value is -2.69. The number of carboxylic acids is 2. The first kappa shape index (κ1) is 21.0. The number of likely N-dealkylation sites (tertiary alicyclic amines) is 1. The minimum atomic E-state index is -5.08. The maximum absolute atomic E-state index is 11.5. The third-order valence-electron chi connectivity index (χ3n) is 5.19. The minimum Gasteiger partial charge on any atom is -0.480 e. The summed E-state index contributed by atoms with van der Waals surface area (Å²) in [5.41, 5.74) is 0.876. The number of fused-ring (bicyclic) bond motifs is 1. The van der Waals surface area contributed by atoms with Gasteiger partial charge in [0.15, 0.2) is 5.65 Å². The zero-order valence-electron chi connectivity index (χ0n) is 15.4. The van der Waals surface area contributed by atoms with Crippen molar-refractivity contribution >= 4 is 17.6 Å². The van der Waals surface area contributed by atoms with E-state index in [9.17, 15) is 23.1 Å². The lowest BCUT2D eigenvalue weighted by Gasteiger charge is -2.35. The average molecular weight is 414 g/mol. The molecular weight excluding hydrogens is 393 g/mol. The quantitative estimate of drug-likeness (QED) is 0.791. The number of pyridine rings is 1. The number of hydrogen-bond acceptors (Lipinski definition) is 5. The first-order valence-electron chi connectivity index (χ1n) is 9.25. The van der Waals surface area contributed by atoms with Gasteiger partial charge in [-0.05, 0) is 56.8 Å². The molecule has 8 nitrogen and oxygen atoms in total. The smallest absolute Gasteiger partial charge is 0.480 e. The molecule has 0 spiro atoms. The zero-order valence-corrected chi connectivity index (χ0v) is 15.4. The number of piperidine rings is 1. The predicted molar refractivity (Wildman–Crippen MR) is 94.4 cm³/mol. The van der Waals surface area contributed by atoms with E-state index in [1.807, 2.05) is 24.4 Å². The van der Waals surface area contributed by atoms with E-state index in [-0.39, 0.29) is 6.04 Å². The highest BCUT2D eigenvalue weighted by Gasteiger charge is 2.41. The van der Waals surface area contributed by atoms with Gasteiger partial charge in [-0.3, -0.25) is 14.1 Å². The van der Waals surface area contributed by atoms with Crippen LogP contribution in [0.15, 0.2) is 24.4 Å². The van der Waals surface area contributed by atoms with Gasteiger partial charge in [-0.2, -0.15) is 13.2 Å². The molecule has 3 heterocycles. The number of aliphatic carboxylic acids is 2. The molecule has 0 radical (unpaired) electrons. The summed E-state index contributed by atoms with van der Waals surface area (Å²) in [4.78, 5) is 22.5. The Balaban J connectivity index is 0.000000298. The van der Waals surface area contributed by atoms with Gasteiger partial charge >= 0.3 is 18.1 Å². The largest absolute Gasteiger partial charge is 0.490 e. The summed E-state index contributed by atoms with van der Waals surface area (Å²) >= 11 is 0. The van der Waals surface area contributed by atoms with Gasteiger partial charge in [0.25, 0.3) is 0 Å². The van der Waals surface area contributed by atoms with Gasteiger partial charge in [-0.15, -0.1) is 10.2 Å². The number of carboxylic acid groups (broad SMARTS) is 2. The Morgan fingerprint density at radius 1 is 1.07 bits per heavy atom. The van der Waals surface area contributed by atoms with E-state index in [4.69, 9.17) is 9.90 Å². The third kappa shape index (κ3) is 5.03.